The highest BCUT2D eigenvalue weighted by atomic mass is 32.2. The van der Waals surface area contributed by atoms with Crippen LogP contribution in [0.2, 0.25) is 0 Å². The predicted octanol–water partition coefficient (Wildman–Crippen LogP) is 1.21. The van der Waals surface area contributed by atoms with E-state index in [1.165, 1.54) is 12.1 Å². The number of nitrogens with one attached hydrogen (secondary N) is 1. The molecule has 0 aliphatic carbocycles. The zero-order valence-corrected chi connectivity index (χ0v) is 13.1. The van der Waals surface area contributed by atoms with Gasteiger partial charge in [0, 0.05) is 25.2 Å². The van der Waals surface area contributed by atoms with E-state index in [4.69, 9.17) is 4.74 Å². The lowest BCUT2D eigenvalue weighted by Crippen LogP contribution is -2.30. The molecule has 118 valence electrons. The summed E-state index contributed by atoms with van der Waals surface area (Å²) < 4.78 is 43.3. The van der Waals surface area contributed by atoms with Crippen LogP contribution in [0.4, 0.5) is 4.39 Å². The summed E-state index contributed by atoms with van der Waals surface area (Å²) in [5.41, 5.74) is 0.814. The molecule has 0 spiro atoms. The molecule has 1 heterocycles. The minimum atomic E-state index is -3.14. The third-order valence-electron chi connectivity index (χ3n) is 3.64. The Morgan fingerprint density at radius 1 is 1.48 bits per heavy atom. The summed E-state index contributed by atoms with van der Waals surface area (Å²) >= 11 is 0. The molecule has 0 radical (unpaired) electrons. The quantitative estimate of drug-likeness (QED) is 0.857. The van der Waals surface area contributed by atoms with Gasteiger partial charge in [0.1, 0.15) is 11.6 Å². The third kappa shape index (κ3) is 4.94. The van der Waals surface area contributed by atoms with Crippen LogP contribution in [-0.2, 0) is 16.6 Å². The average molecular weight is 316 g/mol. The fourth-order valence-corrected chi connectivity index (χ4v) is 3.14. The number of benzene rings is 1. The highest BCUT2D eigenvalue weighted by Crippen LogP contribution is 2.24. The van der Waals surface area contributed by atoms with Crippen LogP contribution in [0.3, 0.4) is 0 Å². The molecule has 1 aliphatic heterocycles. The lowest BCUT2D eigenvalue weighted by molar-refractivity contribution is 0.307. The second kappa shape index (κ2) is 6.72. The summed E-state index contributed by atoms with van der Waals surface area (Å²) in [5.74, 6) is 0.689. The highest BCUT2D eigenvalue weighted by molar-refractivity contribution is 7.88. The Kier molecular flexibility index (Phi) is 5.18. The lowest BCUT2D eigenvalue weighted by Gasteiger charge is -2.18. The van der Waals surface area contributed by atoms with Gasteiger partial charge >= 0.3 is 0 Å². The van der Waals surface area contributed by atoms with Crippen LogP contribution in [0.15, 0.2) is 18.2 Å². The van der Waals surface area contributed by atoms with Crippen molar-refractivity contribution in [2.24, 2.45) is 5.92 Å². The molecule has 0 saturated carbocycles. The Balaban J connectivity index is 1.92. The van der Waals surface area contributed by atoms with Crippen molar-refractivity contribution in [2.45, 2.75) is 13.0 Å². The average Bonchev–Trinajstić information content (AvgIpc) is 2.84. The molecule has 2 rings (SSSR count). The first-order valence-electron chi connectivity index (χ1n) is 6.87. The molecular formula is C14H21FN2O3S. The van der Waals surface area contributed by atoms with Gasteiger partial charge in [-0.15, -0.1) is 0 Å². The number of hydrogen-bond acceptors (Lipinski definition) is 4. The maximum Gasteiger partial charge on any atom is 0.208 e. The van der Waals surface area contributed by atoms with E-state index in [0.29, 0.717) is 24.8 Å². The summed E-state index contributed by atoms with van der Waals surface area (Å²) in [7, 11) is -1.57. The largest absolute Gasteiger partial charge is 0.496 e. The summed E-state index contributed by atoms with van der Waals surface area (Å²) in [6.45, 7) is 2.73. The molecule has 0 bridgehead atoms. The SMILES string of the molecule is COc1ccc(F)cc1CN1CCC(CNS(C)(=O)=O)C1. The van der Waals surface area contributed by atoms with Gasteiger partial charge in [-0.2, -0.15) is 0 Å². The number of methoxy groups -OCH3 is 1. The van der Waals surface area contributed by atoms with Gasteiger partial charge in [-0.05, 0) is 37.1 Å². The summed E-state index contributed by atoms with van der Waals surface area (Å²) in [6.07, 6.45) is 2.09. The van der Waals surface area contributed by atoms with Gasteiger partial charge in [-0.25, -0.2) is 17.5 Å². The first kappa shape index (κ1) is 16.2. The molecule has 5 nitrogen and oxygen atoms in total. The van der Waals surface area contributed by atoms with Gasteiger partial charge in [-0.3, -0.25) is 4.90 Å². The van der Waals surface area contributed by atoms with Crippen molar-refractivity contribution in [3.05, 3.63) is 29.6 Å². The van der Waals surface area contributed by atoms with E-state index >= 15 is 0 Å². The molecular weight excluding hydrogens is 295 g/mol. The van der Waals surface area contributed by atoms with Crippen LogP contribution in [0, 0.1) is 11.7 Å². The Bertz CT molecular complexity index is 592. The Morgan fingerprint density at radius 2 is 2.24 bits per heavy atom. The van der Waals surface area contributed by atoms with E-state index in [2.05, 4.69) is 9.62 Å². The second-order valence-corrected chi connectivity index (χ2v) is 7.30. The van der Waals surface area contributed by atoms with Gasteiger partial charge < -0.3 is 4.74 Å². The first-order chi connectivity index (χ1) is 9.87. The third-order valence-corrected chi connectivity index (χ3v) is 4.33. The van der Waals surface area contributed by atoms with Crippen molar-refractivity contribution in [3.63, 3.8) is 0 Å². The van der Waals surface area contributed by atoms with E-state index in [1.54, 1.807) is 13.2 Å². The van der Waals surface area contributed by atoms with Crippen LogP contribution in [-0.4, -0.2) is 46.3 Å². The van der Waals surface area contributed by atoms with E-state index in [0.717, 1.165) is 31.3 Å². The maximum absolute atomic E-state index is 13.3. The topological polar surface area (TPSA) is 58.6 Å². The van der Waals surface area contributed by atoms with Crippen molar-refractivity contribution < 1.29 is 17.5 Å². The molecule has 1 aromatic rings. The number of nitrogens with zero attached hydrogens (tertiary/aromatic N) is 1. The number of ether oxygens (including phenoxy) is 1. The number of sulfonamides is 1. The van der Waals surface area contributed by atoms with E-state index in [9.17, 15) is 12.8 Å². The van der Waals surface area contributed by atoms with Gasteiger partial charge in [0.15, 0.2) is 0 Å². The summed E-state index contributed by atoms with van der Waals surface area (Å²) in [4.78, 5) is 2.19. The number of likely N-dealkylation sites (tertiary alicyclic amines) is 1. The van der Waals surface area contributed by atoms with Crippen LogP contribution in [0.25, 0.3) is 0 Å². The van der Waals surface area contributed by atoms with Crippen LogP contribution in [0.5, 0.6) is 5.75 Å². The van der Waals surface area contributed by atoms with Gasteiger partial charge in [0.2, 0.25) is 10.0 Å². The van der Waals surface area contributed by atoms with Crippen LogP contribution >= 0.6 is 0 Å². The van der Waals surface area contributed by atoms with E-state index < -0.39 is 10.0 Å². The molecule has 0 aromatic heterocycles. The molecule has 7 heteroatoms. The van der Waals surface area contributed by atoms with Crippen molar-refractivity contribution in [1.29, 1.82) is 0 Å². The van der Waals surface area contributed by atoms with Crippen molar-refractivity contribution in [3.8, 4) is 5.75 Å². The molecule has 1 aliphatic rings. The highest BCUT2D eigenvalue weighted by Gasteiger charge is 2.24. The van der Waals surface area contributed by atoms with Gasteiger partial charge in [0.05, 0.1) is 13.4 Å². The number of halogens is 1. The monoisotopic (exact) mass is 316 g/mol. The van der Waals surface area contributed by atoms with Crippen molar-refractivity contribution in [2.75, 3.05) is 33.0 Å². The number of rotatable bonds is 6. The van der Waals surface area contributed by atoms with Crippen molar-refractivity contribution >= 4 is 10.0 Å². The minimum Gasteiger partial charge on any atom is -0.496 e. The fraction of sp³-hybridized carbons (Fsp3) is 0.571. The molecule has 1 atom stereocenters. The van der Waals surface area contributed by atoms with E-state index in [1.807, 2.05) is 0 Å². The Morgan fingerprint density at radius 3 is 2.90 bits per heavy atom. The van der Waals surface area contributed by atoms with Crippen LogP contribution in [0.1, 0.15) is 12.0 Å². The second-order valence-electron chi connectivity index (χ2n) is 5.47. The first-order valence-corrected chi connectivity index (χ1v) is 8.76. The van der Waals surface area contributed by atoms with E-state index in [-0.39, 0.29) is 5.82 Å². The smallest absolute Gasteiger partial charge is 0.208 e. The zero-order valence-electron chi connectivity index (χ0n) is 12.3. The van der Waals surface area contributed by atoms with Gasteiger partial charge in [-0.1, -0.05) is 0 Å². The van der Waals surface area contributed by atoms with Crippen molar-refractivity contribution in [1.82, 2.24) is 9.62 Å². The predicted molar refractivity (Wildman–Crippen MR) is 79.2 cm³/mol. The molecule has 0 amide bonds. The maximum atomic E-state index is 13.3. The molecule has 1 unspecified atom stereocenters. The van der Waals surface area contributed by atoms with Crippen LogP contribution < -0.4 is 9.46 Å². The molecule has 21 heavy (non-hydrogen) atoms. The summed E-state index contributed by atoms with van der Waals surface area (Å²) in [6, 6.07) is 4.50. The lowest BCUT2D eigenvalue weighted by atomic mass is 10.1. The normalized spacial score (nSPS) is 19.9. The molecule has 1 saturated heterocycles. The molecule has 1 fully saturated rings. The Labute approximate surface area is 125 Å². The molecule has 1 N–H and O–H groups in total. The van der Waals surface area contributed by atoms with Gasteiger partial charge in [0.25, 0.3) is 0 Å². The number of hydrogen-bond donors (Lipinski definition) is 1. The zero-order chi connectivity index (χ0) is 15.5. The summed E-state index contributed by atoms with van der Waals surface area (Å²) in [5, 5.41) is 0. The molecule has 1 aromatic carbocycles. The fourth-order valence-electron chi connectivity index (χ4n) is 2.60. The Hall–Kier alpha value is -1.18. The standard InChI is InChI=1S/C14H21FN2O3S/c1-20-14-4-3-13(15)7-12(14)10-17-6-5-11(9-17)8-16-21(2,18)19/h3-4,7,11,16H,5-6,8-10H2,1-2H3. The minimum absolute atomic E-state index is 0.278.